The van der Waals surface area contributed by atoms with Gasteiger partial charge in [-0.1, -0.05) is 12.1 Å². The Hall–Kier alpha value is -2.47. The summed E-state index contributed by atoms with van der Waals surface area (Å²) >= 11 is 0. The highest BCUT2D eigenvalue weighted by Crippen LogP contribution is 2.16. The van der Waals surface area contributed by atoms with Crippen molar-refractivity contribution >= 4 is 17.4 Å². The average molecular weight is 329 g/mol. The van der Waals surface area contributed by atoms with Crippen molar-refractivity contribution in [3.8, 4) is 0 Å². The van der Waals surface area contributed by atoms with Gasteiger partial charge in [0, 0.05) is 19.5 Å². The number of carbonyl (C=O) groups excluding carboxylic acids is 1. The lowest BCUT2D eigenvalue weighted by molar-refractivity contribution is -0.116. The number of benzene rings is 1. The number of aryl methyl sites for hydroxylation is 1. The number of halogens is 1. The minimum Gasteiger partial charge on any atom is -0.378 e. The van der Waals surface area contributed by atoms with E-state index in [9.17, 15) is 9.18 Å². The first-order valence-electron chi connectivity index (χ1n) is 8.04. The van der Waals surface area contributed by atoms with Crippen LogP contribution in [0.1, 0.15) is 12.0 Å². The molecule has 0 saturated carbocycles. The van der Waals surface area contributed by atoms with Crippen LogP contribution < -0.4 is 10.2 Å². The molecule has 0 radical (unpaired) electrons. The number of amides is 1. The van der Waals surface area contributed by atoms with Gasteiger partial charge in [0.25, 0.3) is 0 Å². The summed E-state index contributed by atoms with van der Waals surface area (Å²) in [5.41, 5.74) is 1.61. The molecule has 0 unspecified atom stereocenters. The van der Waals surface area contributed by atoms with Crippen LogP contribution in [0.5, 0.6) is 0 Å². The molecule has 24 heavy (non-hydrogen) atoms. The maximum atomic E-state index is 12.8. The molecule has 1 N–H and O–H groups in total. The van der Waals surface area contributed by atoms with E-state index in [0.717, 1.165) is 24.5 Å². The maximum Gasteiger partial charge on any atom is 0.224 e. The minimum atomic E-state index is -0.269. The summed E-state index contributed by atoms with van der Waals surface area (Å²) < 4.78 is 18.2. The molecule has 1 fully saturated rings. The number of nitrogens with one attached hydrogen (secondary N) is 1. The smallest absolute Gasteiger partial charge is 0.224 e. The second-order valence-electron chi connectivity index (χ2n) is 5.68. The molecule has 1 aliphatic rings. The predicted molar refractivity (Wildman–Crippen MR) is 90.6 cm³/mol. The molecule has 0 spiro atoms. The number of pyridine rings is 1. The van der Waals surface area contributed by atoms with E-state index in [4.69, 9.17) is 4.74 Å². The third-order valence-corrected chi connectivity index (χ3v) is 3.92. The van der Waals surface area contributed by atoms with Crippen molar-refractivity contribution < 1.29 is 13.9 Å². The predicted octanol–water partition coefficient (Wildman–Crippen LogP) is 2.63. The fourth-order valence-electron chi connectivity index (χ4n) is 2.57. The first-order valence-corrected chi connectivity index (χ1v) is 8.04. The van der Waals surface area contributed by atoms with E-state index in [1.165, 1.54) is 12.1 Å². The molecule has 1 aromatic heterocycles. The SMILES string of the molecule is O=C(CCc1ccc(F)cc1)Nc1ccc(N2CCOCC2)nc1. The topological polar surface area (TPSA) is 54.5 Å². The van der Waals surface area contributed by atoms with Gasteiger partial charge >= 0.3 is 0 Å². The fourth-order valence-corrected chi connectivity index (χ4v) is 2.57. The summed E-state index contributed by atoms with van der Waals surface area (Å²) in [5, 5.41) is 2.83. The van der Waals surface area contributed by atoms with E-state index in [2.05, 4.69) is 15.2 Å². The van der Waals surface area contributed by atoms with E-state index in [0.29, 0.717) is 31.7 Å². The Labute approximate surface area is 140 Å². The van der Waals surface area contributed by atoms with Crippen LogP contribution in [-0.2, 0) is 16.0 Å². The molecular formula is C18H20FN3O2. The molecule has 6 heteroatoms. The molecule has 2 aromatic rings. The largest absolute Gasteiger partial charge is 0.378 e. The number of ether oxygens (including phenoxy) is 1. The Morgan fingerprint density at radius 3 is 2.58 bits per heavy atom. The average Bonchev–Trinajstić information content (AvgIpc) is 2.63. The zero-order valence-electron chi connectivity index (χ0n) is 13.4. The van der Waals surface area contributed by atoms with Crippen LogP contribution in [0, 0.1) is 5.82 Å². The van der Waals surface area contributed by atoms with E-state index in [1.54, 1.807) is 18.3 Å². The third-order valence-electron chi connectivity index (χ3n) is 3.92. The standard InChI is InChI=1S/C18H20FN3O2/c19-15-4-1-14(2-5-15)3-8-18(23)21-16-6-7-17(20-13-16)22-9-11-24-12-10-22/h1-2,4-7,13H,3,8-12H2,(H,21,23). The van der Waals surface area contributed by atoms with Gasteiger partial charge in [0.05, 0.1) is 25.1 Å². The molecule has 2 heterocycles. The lowest BCUT2D eigenvalue weighted by atomic mass is 10.1. The third kappa shape index (κ3) is 4.52. The van der Waals surface area contributed by atoms with Gasteiger partial charge in [-0.05, 0) is 36.2 Å². The van der Waals surface area contributed by atoms with E-state index >= 15 is 0 Å². The molecule has 3 rings (SSSR count). The summed E-state index contributed by atoms with van der Waals surface area (Å²) in [6.45, 7) is 3.08. The normalized spacial score (nSPS) is 14.5. The monoisotopic (exact) mass is 329 g/mol. The van der Waals surface area contributed by atoms with E-state index in [-0.39, 0.29) is 11.7 Å². The first-order chi connectivity index (χ1) is 11.7. The maximum absolute atomic E-state index is 12.8. The van der Waals surface area contributed by atoms with Crippen LogP contribution in [-0.4, -0.2) is 37.2 Å². The molecule has 0 bridgehead atoms. The molecule has 126 valence electrons. The number of rotatable bonds is 5. The zero-order valence-corrected chi connectivity index (χ0v) is 13.4. The van der Waals surface area contributed by atoms with Crippen LogP contribution >= 0.6 is 0 Å². The summed E-state index contributed by atoms with van der Waals surface area (Å²) in [5.74, 6) is 0.539. The number of morpholine rings is 1. The van der Waals surface area contributed by atoms with Gasteiger partial charge in [-0.3, -0.25) is 4.79 Å². The Morgan fingerprint density at radius 1 is 1.17 bits per heavy atom. The highest BCUT2D eigenvalue weighted by atomic mass is 19.1. The molecule has 5 nitrogen and oxygen atoms in total. The van der Waals surface area contributed by atoms with Crippen LogP contribution in [0.3, 0.4) is 0 Å². The lowest BCUT2D eigenvalue weighted by Gasteiger charge is -2.27. The molecule has 0 aliphatic carbocycles. The van der Waals surface area contributed by atoms with E-state index < -0.39 is 0 Å². The summed E-state index contributed by atoms with van der Waals surface area (Å²) in [6.07, 6.45) is 2.59. The van der Waals surface area contributed by atoms with Crippen molar-refractivity contribution in [3.63, 3.8) is 0 Å². The van der Waals surface area contributed by atoms with E-state index in [1.807, 2.05) is 12.1 Å². The highest BCUT2D eigenvalue weighted by Gasteiger charge is 2.12. The Kier molecular flexibility index (Phi) is 5.38. The molecule has 1 saturated heterocycles. The lowest BCUT2D eigenvalue weighted by Crippen LogP contribution is -2.36. The number of hydrogen-bond acceptors (Lipinski definition) is 4. The molecular weight excluding hydrogens is 309 g/mol. The Bertz CT molecular complexity index is 668. The fraction of sp³-hybridized carbons (Fsp3) is 0.333. The summed E-state index contributed by atoms with van der Waals surface area (Å²) in [7, 11) is 0. The van der Waals surface area contributed by atoms with Gasteiger partial charge in [0.1, 0.15) is 11.6 Å². The molecule has 0 atom stereocenters. The van der Waals surface area contributed by atoms with Gasteiger partial charge in [-0.15, -0.1) is 0 Å². The highest BCUT2D eigenvalue weighted by molar-refractivity contribution is 5.90. The first kappa shape index (κ1) is 16.4. The molecule has 1 aliphatic heterocycles. The molecule has 1 aromatic carbocycles. The quantitative estimate of drug-likeness (QED) is 0.916. The van der Waals surface area contributed by atoms with Gasteiger partial charge in [0.2, 0.25) is 5.91 Å². The summed E-state index contributed by atoms with van der Waals surface area (Å²) in [4.78, 5) is 18.6. The van der Waals surface area contributed by atoms with Crippen LogP contribution in [0.15, 0.2) is 42.6 Å². The number of anilines is 2. The van der Waals surface area contributed by atoms with Crippen LogP contribution in [0.2, 0.25) is 0 Å². The van der Waals surface area contributed by atoms with Crippen molar-refractivity contribution in [1.82, 2.24) is 4.98 Å². The van der Waals surface area contributed by atoms with Crippen molar-refractivity contribution in [1.29, 1.82) is 0 Å². The number of nitrogens with zero attached hydrogens (tertiary/aromatic N) is 2. The summed E-state index contributed by atoms with van der Waals surface area (Å²) in [6, 6.07) is 9.96. The van der Waals surface area contributed by atoms with Crippen molar-refractivity contribution in [2.75, 3.05) is 36.5 Å². The second-order valence-corrected chi connectivity index (χ2v) is 5.68. The minimum absolute atomic E-state index is 0.0831. The Balaban J connectivity index is 1.49. The number of hydrogen-bond donors (Lipinski definition) is 1. The van der Waals surface area contributed by atoms with Gasteiger partial charge in [-0.25, -0.2) is 9.37 Å². The van der Waals surface area contributed by atoms with Gasteiger partial charge < -0.3 is 15.0 Å². The van der Waals surface area contributed by atoms with Crippen LogP contribution in [0.4, 0.5) is 15.9 Å². The number of aromatic nitrogens is 1. The Morgan fingerprint density at radius 2 is 1.92 bits per heavy atom. The van der Waals surface area contributed by atoms with Gasteiger partial charge in [0.15, 0.2) is 0 Å². The second kappa shape index (κ2) is 7.88. The van der Waals surface area contributed by atoms with Crippen LogP contribution in [0.25, 0.3) is 0 Å². The number of carbonyl (C=O) groups is 1. The van der Waals surface area contributed by atoms with Crippen molar-refractivity contribution in [3.05, 3.63) is 54.0 Å². The van der Waals surface area contributed by atoms with Gasteiger partial charge in [-0.2, -0.15) is 0 Å². The van der Waals surface area contributed by atoms with Crippen molar-refractivity contribution in [2.24, 2.45) is 0 Å². The van der Waals surface area contributed by atoms with Crippen molar-refractivity contribution in [2.45, 2.75) is 12.8 Å². The molecule has 1 amide bonds. The zero-order chi connectivity index (χ0) is 16.8.